The van der Waals surface area contributed by atoms with Crippen molar-refractivity contribution in [3.8, 4) is 11.3 Å². The average Bonchev–Trinajstić information content (AvgIpc) is 3.04. The van der Waals surface area contributed by atoms with E-state index in [-0.39, 0.29) is 11.7 Å². The summed E-state index contributed by atoms with van der Waals surface area (Å²) >= 11 is 0. The quantitative estimate of drug-likeness (QED) is 0.846. The van der Waals surface area contributed by atoms with Crippen molar-refractivity contribution < 1.29 is 9.18 Å². The molecule has 6 heteroatoms. The van der Waals surface area contributed by atoms with Crippen LogP contribution < -0.4 is 0 Å². The van der Waals surface area contributed by atoms with Crippen LogP contribution in [0.15, 0.2) is 30.5 Å². The van der Waals surface area contributed by atoms with Gasteiger partial charge in [-0.1, -0.05) is 12.1 Å². The summed E-state index contributed by atoms with van der Waals surface area (Å²) in [4.78, 5) is 14.1. The van der Waals surface area contributed by atoms with E-state index in [0.717, 1.165) is 50.2 Å². The third-order valence-corrected chi connectivity index (χ3v) is 4.46. The van der Waals surface area contributed by atoms with Gasteiger partial charge in [0, 0.05) is 31.6 Å². The first-order valence-corrected chi connectivity index (χ1v) is 8.59. The Morgan fingerprint density at radius 3 is 2.88 bits per heavy atom. The van der Waals surface area contributed by atoms with Crippen LogP contribution in [0.4, 0.5) is 4.39 Å². The predicted molar refractivity (Wildman–Crippen MR) is 89.6 cm³/mol. The van der Waals surface area contributed by atoms with Crippen LogP contribution >= 0.6 is 0 Å². The molecule has 3 rings (SSSR count). The number of carbonyl (C=O) groups is 1. The molecule has 24 heavy (non-hydrogen) atoms. The maximum atomic E-state index is 13.0. The molecular formula is C18H23FN4O. The van der Waals surface area contributed by atoms with Gasteiger partial charge in [0.15, 0.2) is 0 Å². The van der Waals surface area contributed by atoms with Gasteiger partial charge in [0.05, 0.1) is 6.20 Å². The standard InChI is InChI=1S/C18H23FN4O/c1-2-4-18(24)22-10-3-5-14(11-22)12-23-13-17(20-21-23)15-6-8-16(19)9-7-15/h6-9,13-14H,2-5,10-12H2,1H3. The number of amides is 1. The number of hydrogen-bond donors (Lipinski definition) is 0. The van der Waals surface area contributed by atoms with Crippen molar-refractivity contribution in [2.45, 2.75) is 39.2 Å². The molecule has 2 heterocycles. The molecule has 1 aromatic heterocycles. The highest BCUT2D eigenvalue weighted by Gasteiger charge is 2.23. The Morgan fingerprint density at radius 1 is 1.33 bits per heavy atom. The Kier molecular flexibility index (Phi) is 5.23. The van der Waals surface area contributed by atoms with Crippen LogP contribution in [-0.4, -0.2) is 38.9 Å². The number of aromatic nitrogens is 3. The topological polar surface area (TPSA) is 51.0 Å². The SMILES string of the molecule is CCCC(=O)N1CCCC(Cn2cc(-c3ccc(F)cc3)nn2)C1. The number of likely N-dealkylation sites (tertiary alicyclic amines) is 1. The lowest BCUT2D eigenvalue weighted by Crippen LogP contribution is -2.41. The zero-order chi connectivity index (χ0) is 16.9. The van der Waals surface area contributed by atoms with Crippen LogP contribution in [-0.2, 0) is 11.3 Å². The van der Waals surface area contributed by atoms with Crippen molar-refractivity contribution in [3.05, 3.63) is 36.3 Å². The first kappa shape index (κ1) is 16.6. The molecule has 5 nitrogen and oxygen atoms in total. The molecule has 1 saturated heterocycles. The Labute approximate surface area is 141 Å². The Bertz CT molecular complexity index is 683. The van der Waals surface area contributed by atoms with E-state index in [0.29, 0.717) is 12.3 Å². The third-order valence-electron chi connectivity index (χ3n) is 4.46. The van der Waals surface area contributed by atoms with Crippen LogP contribution in [0.1, 0.15) is 32.6 Å². The zero-order valence-electron chi connectivity index (χ0n) is 14.0. The van der Waals surface area contributed by atoms with Crippen molar-refractivity contribution in [1.82, 2.24) is 19.9 Å². The Morgan fingerprint density at radius 2 is 2.12 bits per heavy atom. The smallest absolute Gasteiger partial charge is 0.222 e. The molecule has 0 saturated carbocycles. The summed E-state index contributed by atoms with van der Waals surface area (Å²) in [5.74, 6) is 0.403. The summed E-state index contributed by atoms with van der Waals surface area (Å²) in [7, 11) is 0. The normalized spacial score (nSPS) is 17.9. The van der Waals surface area contributed by atoms with Crippen LogP contribution in [0.2, 0.25) is 0 Å². The average molecular weight is 330 g/mol. The number of halogens is 1. The molecule has 1 atom stereocenters. The van der Waals surface area contributed by atoms with Crippen LogP contribution in [0.25, 0.3) is 11.3 Å². The van der Waals surface area contributed by atoms with Gasteiger partial charge in [-0.3, -0.25) is 9.48 Å². The van der Waals surface area contributed by atoms with Gasteiger partial charge in [-0.05, 0) is 49.4 Å². The molecule has 128 valence electrons. The largest absolute Gasteiger partial charge is 0.342 e. The van der Waals surface area contributed by atoms with E-state index in [2.05, 4.69) is 10.3 Å². The van der Waals surface area contributed by atoms with E-state index in [1.54, 1.807) is 12.1 Å². The molecule has 1 aliphatic heterocycles. The summed E-state index contributed by atoms with van der Waals surface area (Å²) < 4.78 is 14.8. The molecule has 1 aromatic carbocycles. The maximum absolute atomic E-state index is 13.0. The molecular weight excluding hydrogens is 307 g/mol. The minimum atomic E-state index is -0.259. The first-order valence-electron chi connectivity index (χ1n) is 8.59. The second kappa shape index (κ2) is 7.55. The Balaban J connectivity index is 1.62. The lowest BCUT2D eigenvalue weighted by Gasteiger charge is -2.32. The molecule has 2 aromatic rings. The number of carbonyl (C=O) groups excluding carboxylic acids is 1. The molecule has 1 fully saturated rings. The van der Waals surface area contributed by atoms with Gasteiger partial charge in [-0.15, -0.1) is 5.10 Å². The highest BCUT2D eigenvalue weighted by Crippen LogP contribution is 2.21. The van der Waals surface area contributed by atoms with Crippen molar-refractivity contribution in [3.63, 3.8) is 0 Å². The summed E-state index contributed by atoms with van der Waals surface area (Å²) in [5, 5.41) is 8.36. The lowest BCUT2D eigenvalue weighted by molar-refractivity contribution is -0.133. The highest BCUT2D eigenvalue weighted by atomic mass is 19.1. The van der Waals surface area contributed by atoms with Gasteiger partial charge in [-0.2, -0.15) is 0 Å². The van der Waals surface area contributed by atoms with Gasteiger partial charge in [0.1, 0.15) is 11.5 Å². The second-order valence-electron chi connectivity index (χ2n) is 6.43. The van der Waals surface area contributed by atoms with Gasteiger partial charge in [0.25, 0.3) is 0 Å². The first-order chi connectivity index (χ1) is 11.7. The highest BCUT2D eigenvalue weighted by molar-refractivity contribution is 5.76. The molecule has 1 unspecified atom stereocenters. The van der Waals surface area contributed by atoms with Crippen molar-refractivity contribution >= 4 is 5.91 Å². The van der Waals surface area contributed by atoms with Gasteiger partial charge < -0.3 is 4.90 Å². The number of piperidine rings is 1. The van der Waals surface area contributed by atoms with Crippen LogP contribution in [0, 0.1) is 11.7 Å². The molecule has 0 radical (unpaired) electrons. The summed E-state index contributed by atoms with van der Waals surface area (Å²) in [6.07, 6.45) is 5.55. The zero-order valence-corrected chi connectivity index (χ0v) is 14.0. The van der Waals surface area contributed by atoms with Crippen molar-refractivity contribution in [1.29, 1.82) is 0 Å². The van der Waals surface area contributed by atoms with E-state index in [1.807, 2.05) is 22.7 Å². The summed E-state index contributed by atoms with van der Waals surface area (Å²) in [6.45, 7) is 4.45. The minimum Gasteiger partial charge on any atom is -0.342 e. The van der Waals surface area contributed by atoms with Crippen molar-refractivity contribution in [2.24, 2.45) is 5.92 Å². The van der Waals surface area contributed by atoms with E-state index in [4.69, 9.17) is 0 Å². The molecule has 0 spiro atoms. The molecule has 0 bridgehead atoms. The van der Waals surface area contributed by atoms with Gasteiger partial charge >= 0.3 is 0 Å². The fourth-order valence-electron chi connectivity index (χ4n) is 3.22. The lowest BCUT2D eigenvalue weighted by atomic mass is 9.97. The second-order valence-corrected chi connectivity index (χ2v) is 6.43. The fourth-order valence-corrected chi connectivity index (χ4v) is 3.22. The number of benzene rings is 1. The summed E-state index contributed by atoms with van der Waals surface area (Å²) in [5.41, 5.74) is 1.59. The predicted octanol–water partition coefficient (Wildman–Crippen LogP) is 3.12. The number of nitrogens with zero attached hydrogens (tertiary/aromatic N) is 4. The number of rotatable bonds is 5. The maximum Gasteiger partial charge on any atom is 0.222 e. The summed E-state index contributed by atoms with van der Waals surface area (Å²) in [6, 6.07) is 6.25. The molecule has 1 aliphatic rings. The fraction of sp³-hybridized carbons (Fsp3) is 0.500. The van der Waals surface area contributed by atoms with E-state index in [1.165, 1.54) is 12.1 Å². The van der Waals surface area contributed by atoms with Crippen LogP contribution in [0.3, 0.4) is 0 Å². The van der Waals surface area contributed by atoms with Crippen molar-refractivity contribution in [2.75, 3.05) is 13.1 Å². The molecule has 1 amide bonds. The van der Waals surface area contributed by atoms with E-state index >= 15 is 0 Å². The number of hydrogen-bond acceptors (Lipinski definition) is 3. The molecule has 0 N–H and O–H groups in total. The molecule has 0 aliphatic carbocycles. The van der Waals surface area contributed by atoms with Gasteiger partial charge in [0.2, 0.25) is 5.91 Å². The van der Waals surface area contributed by atoms with E-state index in [9.17, 15) is 9.18 Å². The monoisotopic (exact) mass is 330 g/mol. The third kappa shape index (κ3) is 3.99. The minimum absolute atomic E-state index is 0.257. The van der Waals surface area contributed by atoms with Gasteiger partial charge in [-0.25, -0.2) is 4.39 Å². The van der Waals surface area contributed by atoms with Crippen LogP contribution in [0.5, 0.6) is 0 Å². The Hall–Kier alpha value is -2.24. The van der Waals surface area contributed by atoms with E-state index < -0.39 is 0 Å².